The average molecular weight is 286 g/mol. The lowest BCUT2D eigenvalue weighted by Crippen LogP contribution is -2.33. The number of hydrogen-bond donors (Lipinski definition) is 0. The quantitative estimate of drug-likeness (QED) is 0.736. The maximum atomic E-state index is 4.52. The molecular formula is C13H14N6S. The van der Waals surface area contributed by atoms with Gasteiger partial charge in [0.15, 0.2) is 0 Å². The highest BCUT2D eigenvalue weighted by Gasteiger charge is 2.27. The highest BCUT2D eigenvalue weighted by Crippen LogP contribution is 2.32. The van der Waals surface area contributed by atoms with Gasteiger partial charge in [-0.05, 0) is 24.3 Å². The van der Waals surface area contributed by atoms with E-state index in [2.05, 4.69) is 30.3 Å². The van der Waals surface area contributed by atoms with E-state index in [0.29, 0.717) is 6.04 Å². The van der Waals surface area contributed by atoms with Crippen LogP contribution in [-0.4, -0.2) is 37.3 Å². The molecule has 0 spiro atoms. The van der Waals surface area contributed by atoms with E-state index in [1.54, 1.807) is 30.3 Å². The first-order chi connectivity index (χ1) is 9.92. The van der Waals surface area contributed by atoms with Crippen LogP contribution in [0, 0.1) is 0 Å². The summed E-state index contributed by atoms with van der Waals surface area (Å²) in [5, 5.41) is 6.28. The molecule has 6 nitrogen and oxygen atoms in total. The zero-order valence-electron chi connectivity index (χ0n) is 10.9. The molecule has 0 N–H and O–H groups in total. The molecule has 20 heavy (non-hydrogen) atoms. The molecule has 1 fully saturated rings. The van der Waals surface area contributed by atoms with Crippen molar-refractivity contribution in [3.05, 3.63) is 30.4 Å². The summed E-state index contributed by atoms with van der Waals surface area (Å²) in [6.45, 7) is 1.90. The zero-order valence-corrected chi connectivity index (χ0v) is 11.7. The fraction of sp³-hybridized carbons (Fsp3) is 0.385. The average Bonchev–Trinajstić information content (AvgIpc) is 3.19. The summed E-state index contributed by atoms with van der Waals surface area (Å²) in [4.78, 5) is 15.2. The van der Waals surface area contributed by atoms with E-state index in [9.17, 15) is 0 Å². The summed E-state index contributed by atoms with van der Waals surface area (Å²) in [5.41, 5.74) is 1.03. The molecule has 0 bridgehead atoms. The second kappa shape index (κ2) is 4.82. The van der Waals surface area contributed by atoms with Crippen molar-refractivity contribution in [3.8, 4) is 0 Å². The molecular weight excluding hydrogens is 272 g/mol. The van der Waals surface area contributed by atoms with Crippen LogP contribution in [0.15, 0.2) is 30.4 Å². The number of thiophene rings is 1. The van der Waals surface area contributed by atoms with Crippen molar-refractivity contribution in [2.45, 2.75) is 25.4 Å². The van der Waals surface area contributed by atoms with Crippen molar-refractivity contribution < 1.29 is 0 Å². The van der Waals surface area contributed by atoms with Crippen LogP contribution in [0.2, 0.25) is 0 Å². The Hall–Kier alpha value is -2.02. The molecule has 0 amide bonds. The second-order valence-corrected chi connectivity index (χ2v) is 5.86. The Balaban J connectivity index is 1.68. The van der Waals surface area contributed by atoms with Crippen LogP contribution in [0.1, 0.15) is 12.8 Å². The third kappa shape index (κ3) is 1.94. The van der Waals surface area contributed by atoms with Gasteiger partial charge in [0.1, 0.15) is 24.8 Å². The molecule has 1 saturated heterocycles. The number of aromatic nitrogens is 5. The van der Waals surface area contributed by atoms with E-state index < -0.39 is 0 Å². The molecule has 3 aromatic rings. The normalized spacial score (nSPS) is 19.0. The van der Waals surface area contributed by atoms with Crippen molar-refractivity contribution in [1.82, 2.24) is 24.7 Å². The molecule has 0 radical (unpaired) electrons. The predicted molar refractivity (Wildman–Crippen MR) is 77.8 cm³/mol. The van der Waals surface area contributed by atoms with E-state index in [1.807, 2.05) is 10.7 Å². The van der Waals surface area contributed by atoms with Crippen LogP contribution in [0.4, 0.5) is 5.82 Å². The highest BCUT2D eigenvalue weighted by molar-refractivity contribution is 7.17. The Bertz CT molecular complexity index is 707. The van der Waals surface area contributed by atoms with Crippen LogP contribution in [0.3, 0.4) is 0 Å². The number of anilines is 1. The first kappa shape index (κ1) is 11.8. The van der Waals surface area contributed by atoms with Gasteiger partial charge >= 0.3 is 0 Å². The Morgan fingerprint density at radius 2 is 2.30 bits per heavy atom. The Labute approximate surface area is 120 Å². The SMILES string of the molecule is c1nc(N2CCC[C@H]2Cn2cncn2)c2sccc2n1. The number of fused-ring (bicyclic) bond motifs is 1. The molecule has 1 atom stereocenters. The van der Waals surface area contributed by atoms with Gasteiger partial charge in [-0.2, -0.15) is 5.10 Å². The van der Waals surface area contributed by atoms with E-state index in [0.717, 1.165) is 30.8 Å². The molecule has 0 aliphatic carbocycles. The first-order valence-corrected chi connectivity index (χ1v) is 7.57. The molecule has 4 heterocycles. The van der Waals surface area contributed by atoms with Crippen molar-refractivity contribution in [1.29, 1.82) is 0 Å². The molecule has 4 rings (SSSR count). The molecule has 0 unspecified atom stereocenters. The largest absolute Gasteiger partial charge is 0.350 e. The second-order valence-electron chi connectivity index (χ2n) is 4.94. The summed E-state index contributed by atoms with van der Waals surface area (Å²) in [7, 11) is 0. The van der Waals surface area contributed by atoms with Gasteiger partial charge in [0.25, 0.3) is 0 Å². The summed E-state index contributed by atoms with van der Waals surface area (Å²) in [5.74, 6) is 1.06. The van der Waals surface area contributed by atoms with Crippen LogP contribution in [0.25, 0.3) is 10.2 Å². The Morgan fingerprint density at radius 1 is 1.30 bits per heavy atom. The van der Waals surface area contributed by atoms with Gasteiger partial charge in [0.2, 0.25) is 0 Å². The molecule has 0 aromatic carbocycles. The maximum absolute atomic E-state index is 4.52. The molecule has 3 aromatic heterocycles. The van der Waals surface area contributed by atoms with Crippen molar-refractivity contribution >= 4 is 27.4 Å². The summed E-state index contributed by atoms with van der Waals surface area (Å²) < 4.78 is 3.08. The third-order valence-electron chi connectivity index (χ3n) is 3.74. The Kier molecular flexibility index (Phi) is 2.84. The van der Waals surface area contributed by atoms with Gasteiger partial charge in [-0.3, -0.25) is 4.68 Å². The summed E-state index contributed by atoms with van der Waals surface area (Å²) >= 11 is 1.71. The molecule has 1 aliphatic heterocycles. The fourth-order valence-electron chi connectivity index (χ4n) is 2.83. The van der Waals surface area contributed by atoms with E-state index in [-0.39, 0.29) is 0 Å². The standard InChI is InChI=1S/C13H14N6S/c1-2-10(6-18-9-14-7-17-18)19(4-1)13-12-11(3-5-20-12)15-8-16-13/h3,5,7-10H,1-2,4,6H2/t10-/m0/s1. The van der Waals surface area contributed by atoms with Gasteiger partial charge in [-0.1, -0.05) is 0 Å². The van der Waals surface area contributed by atoms with Crippen LogP contribution < -0.4 is 4.90 Å². The maximum Gasteiger partial charge on any atom is 0.150 e. The predicted octanol–water partition coefficient (Wildman–Crippen LogP) is 1.95. The molecule has 1 aliphatic rings. The van der Waals surface area contributed by atoms with Crippen molar-refractivity contribution in [2.24, 2.45) is 0 Å². The fourth-order valence-corrected chi connectivity index (χ4v) is 3.68. The lowest BCUT2D eigenvalue weighted by Gasteiger charge is -2.25. The molecule has 0 saturated carbocycles. The third-order valence-corrected chi connectivity index (χ3v) is 4.64. The lowest BCUT2D eigenvalue weighted by molar-refractivity contribution is 0.507. The van der Waals surface area contributed by atoms with Gasteiger partial charge < -0.3 is 4.90 Å². The Morgan fingerprint density at radius 3 is 3.20 bits per heavy atom. The van der Waals surface area contributed by atoms with E-state index >= 15 is 0 Å². The number of nitrogens with zero attached hydrogens (tertiary/aromatic N) is 6. The van der Waals surface area contributed by atoms with Crippen LogP contribution in [-0.2, 0) is 6.54 Å². The van der Waals surface area contributed by atoms with Gasteiger partial charge in [0, 0.05) is 6.54 Å². The van der Waals surface area contributed by atoms with Crippen LogP contribution >= 0.6 is 11.3 Å². The summed E-state index contributed by atoms with van der Waals surface area (Å²) in [6, 6.07) is 2.48. The summed E-state index contributed by atoms with van der Waals surface area (Å²) in [6.07, 6.45) is 7.38. The van der Waals surface area contributed by atoms with E-state index in [1.165, 1.54) is 11.1 Å². The van der Waals surface area contributed by atoms with Gasteiger partial charge in [-0.25, -0.2) is 15.0 Å². The number of hydrogen-bond acceptors (Lipinski definition) is 6. The highest BCUT2D eigenvalue weighted by atomic mass is 32.1. The van der Waals surface area contributed by atoms with Gasteiger partial charge in [-0.15, -0.1) is 11.3 Å². The minimum atomic E-state index is 0.428. The van der Waals surface area contributed by atoms with Crippen LogP contribution in [0.5, 0.6) is 0 Å². The minimum absolute atomic E-state index is 0.428. The minimum Gasteiger partial charge on any atom is -0.350 e. The van der Waals surface area contributed by atoms with Gasteiger partial charge in [0.05, 0.1) is 22.8 Å². The van der Waals surface area contributed by atoms with Crippen molar-refractivity contribution in [3.63, 3.8) is 0 Å². The lowest BCUT2D eigenvalue weighted by atomic mass is 10.2. The monoisotopic (exact) mass is 286 g/mol. The first-order valence-electron chi connectivity index (χ1n) is 6.69. The number of rotatable bonds is 3. The zero-order chi connectivity index (χ0) is 13.4. The topological polar surface area (TPSA) is 59.7 Å². The van der Waals surface area contributed by atoms with Crippen molar-refractivity contribution in [2.75, 3.05) is 11.4 Å². The molecule has 7 heteroatoms. The smallest absolute Gasteiger partial charge is 0.150 e. The van der Waals surface area contributed by atoms with E-state index in [4.69, 9.17) is 0 Å². The molecule has 102 valence electrons.